The zero-order valence-corrected chi connectivity index (χ0v) is 18.1. The van der Waals surface area contributed by atoms with E-state index in [-0.39, 0.29) is 5.91 Å². The number of nitrogens with one attached hydrogen (secondary N) is 2. The van der Waals surface area contributed by atoms with E-state index in [0.29, 0.717) is 17.9 Å². The van der Waals surface area contributed by atoms with E-state index in [1.54, 1.807) is 44.2 Å². The first-order valence-corrected chi connectivity index (χ1v) is 10.5. The van der Waals surface area contributed by atoms with Crippen LogP contribution in [0, 0.1) is 0 Å². The van der Waals surface area contributed by atoms with Crippen molar-refractivity contribution in [1.82, 2.24) is 10.3 Å². The highest BCUT2D eigenvalue weighted by atomic mass is 32.1. The van der Waals surface area contributed by atoms with Crippen molar-refractivity contribution in [2.45, 2.75) is 39.3 Å². The molecule has 1 aromatic carbocycles. The number of hydrogen-bond acceptors (Lipinski definition) is 5. The summed E-state index contributed by atoms with van der Waals surface area (Å²) in [7, 11) is 0. The molecule has 6 nitrogen and oxygen atoms in total. The van der Waals surface area contributed by atoms with Gasteiger partial charge in [0.25, 0.3) is 5.91 Å². The normalized spacial score (nSPS) is 11.0. The molecule has 0 unspecified atom stereocenters. The molecular weight excluding hydrogens is 398 g/mol. The summed E-state index contributed by atoms with van der Waals surface area (Å²) < 4.78 is 5.18. The van der Waals surface area contributed by atoms with E-state index >= 15 is 0 Å². The molecule has 7 heteroatoms. The second-order valence-electron chi connectivity index (χ2n) is 7.77. The van der Waals surface area contributed by atoms with Gasteiger partial charge >= 0.3 is 6.09 Å². The number of rotatable bonds is 6. The number of amides is 2. The molecule has 0 saturated heterocycles. The van der Waals surface area contributed by atoms with Gasteiger partial charge in [-0.15, -0.1) is 11.3 Å². The number of pyridine rings is 1. The molecular formula is C23H25N3O3S. The molecule has 2 heterocycles. The number of nitrogens with zero attached hydrogens (tertiary/aromatic N) is 1. The zero-order chi connectivity index (χ0) is 21.6. The van der Waals surface area contributed by atoms with E-state index in [1.807, 2.05) is 24.3 Å². The average molecular weight is 424 g/mol. The summed E-state index contributed by atoms with van der Waals surface area (Å²) in [6.45, 7) is 5.80. The predicted molar refractivity (Wildman–Crippen MR) is 119 cm³/mol. The molecule has 2 N–H and O–H groups in total. The van der Waals surface area contributed by atoms with E-state index in [4.69, 9.17) is 4.74 Å². The van der Waals surface area contributed by atoms with Crippen LogP contribution in [0.5, 0.6) is 0 Å². The number of benzene rings is 1. The number of aromatic nitrogens is 1. The van der Waals surface area contributed by atoms with Crippen LogP contribution in [0.25, 0.3) is 0 Å². The first-order valence-electron chi connectivity index (χ1n) is 9.64. The topological polar surface area (TPSA) is 80.3 Å². The van der Waals surface area contributed by atoms with Crippen molar-refractivity contribution in [2.24, 2.45) is 0 Å². The van der Waals surface area contributed by atoms with Crippen LogP contribution in [0.2, 0.25) is 0 Å². The molecule has 3 aromatic rings. The number of thiophene rings is 1. The quantitative estimate of drug-likeness (QED) is 0.584. The van der Waals surface area contributed by atoms with Gasteiger partial charge in [-0.1, -0.05) is 30.3 Å². The first kappa shape index (κ1) is 21.5. The van der Waals surface area contributed by atoms with Crippen LogP contribution in [0.4, 0.5) is 10.6 Å². The number of anilines is 1. The van der Waals surface area contributed by atoms with Crippen LogP contribution in [0.15, 0.2) is 60.8 Å². The Bertz CT molecular complexity index is 993. The lowest BCUT2D eigenvalue weighted by Crippen LogP contribution is -2.27. The summed E-state index contributed by atoms with van der Waals surface area (Å²) in [6.07, 6.45) is 1.73. The molecule has 156 valence electrons. The molecule has 0 aliphatic carbocycles. The maximum absolute atomic E-state index is 12.4. The summed E-state index contributed by atoms with van der Waals surface area (Å²) in [6, 6.07) is 17.6. The molecule has 30 heavy (non-hydrogen) atoms. The van der Waals surface area contributed by atoms with Crippen LogP contribution in [-0.2, 0) is 17.7 Å². The van der Waals surface area contributed by atoms with Gasteiger partial charge in [0, 0.05) is 22.4 Å². The highest BCUT2D eigenvalue weighted by Gasteiger charge is 2.16. The van der Waals surface area contributed by atoms with Gasteiger partial charge < -0.3 is 10.1 Å². The Labute approximate surface area is 180 Å². The van der Waals surface area contributed by atoms with Gasteiger partial charge in [0.15, 0.2) is 0 Å². The molecule has 0 atom stereocenters. The van der Waals surface area contributed by atoms with Gasteiger partial charge in [-0.3, -0.25) is 10.1 Å². The fourth-order valence-corrected chi connectivity index (χ4v) is 3.68. The van der Waals surface area contributed by atoms with Crippen molar-refractivity contribution in [3.63, 3.8) is 0 Å². The number of hydrogen-bond donors (Lipinski definition) is 2. The van der Waals surface area contributed by atoms with Gasteiger partial charge in [0.2, 0.25) is 0 Å². The smallest absolute Gasteiger partial charge is 0.413 e. The minimum Gasteiger partial charge on any atom is -0.444 e. The fraction of sp³-hybridized carbons (Fsp3) is 0.261. The highest BCUT2D eigenvalue weighted by molar-refractivity contribution is 7.12. The lowest BCUT2D eigenvalue weighted by molar-refractivity contribution is 0.0635. The molecule has 0 saturated carbocycles. The Morgan fingerprint density at radius 2 is 1.73 bits per heavy atom. The minimum atomic E-state index is -0.591. The van der Waals surface area contributed by atoms with Crippen LogP contribution >= 0.6 is 11.3 Å². The summed E-state index contributed by atoms with van der Waals surface area (Å²) in [5.74, 6) is 0.105. The zero-order valence-electron chi connectivity index (χ0n) is 17.3. The maximum Gasteiger partial charge on any atom is 0.413 e. The second kappa shape index (κ2) is 9.54. The number of ether oxygens (including phenoxy) is 1. The third-order valence-corrected chi connectivity index (χ3v) is 5.10. The maximum atomic E-state index is 12.4. The average Bonchev–Trinajstić information content (AvgIpc) is 3.13. The van der Waals surface area contributed by atoms with Gasteiger partial charge in [0.05, 0.1) is 12.1 Å². The number of carbonyl (C=O) groups is 2. The molecule has 0 aliphatic heterocycles. The monoisotopic (exact) mass is 423 g/mol. The first-order chi connectivity index (χ1) is 14.3. The highest BCUT2D eigenvalue weighted by Crippen LogP contribution is 2.20. The van der Waals surface area contributed by atoms with E-state index < -0.39 is 11.7 Å². The lowest BCUT2D eigenvalue weighted by atomic mass is 10.1. The molecule has 0 aliphatic rings. The van der Waals surface area contributed by atoms with E-state index in [1.165, 1.54) is 16.6 Å². The van der Waals surface area contributed by atoms with Crippen molar-refractivity contribution in [1.29, 1.82) is 0 Å². The molecule has 2 amide bonds. The van der Waals surface area contributed by atoms with Crippen molar-refractivity contribution in [3.8, 4) is 0 Å². The molecule has 0 fully saturated rings. The Morgan fingerprint density at radius 1 is 1.00 bits per heavy atom. The van der Waals surface area contributed by atoms with Crippen LogP contribution in [0.1, 0.15) is 46.4 Å². The molecule has 0 spiro atoms. The van der Waals surface area contributed by atoms with Gasteiger partial charge in [-0.25, -0.2) is 9.78 Å². The van der Waals surface area contributed by atoms with Crippen molar-refractivity contribution >= 4 is 29.2 Å². The molecule has 3 rings (SSSR count). The van der Waals surface area contributed by atoms with Crippen LogP contribution < -0.4 is 10.6 Å². The predicted octanol–water partition coefficient (Wildman–Crippen LogP) is 5.01. The third-order valence-electron chi connectivity index (χ3n) is 4.02. The Morgan fingerprint density at radius 3 is 2.40 bits per heavy atom. The summed E-state index contributed by atoms with van der Waals surface area (Å²) in [4.78, 5) is 30.6. The van der Waals surface area contributed by atoms with E-state index in [0.717, 1.165) is 11.3 Å². The van der Waals surface area contributed by atoms with E-state index in [2.05, 4.69) is 33.8 Å². The van der Waals surface area contributed by atoms with Crippen LogP contribution in [-0.4, -0.2) is 22.6 Å². The van der Waals surface area contributed by atoms with Crippen LogP contribution in [0.3, 0.4) is 0 Å². The standard InChI is InChI=1S/C23H25N3O3S/c1-23(2,3)29-22(28)26-20-12-9-17(14-24-20)21(27)25-15-19-11-10-18(30-19)13-16-7-5-4-6-8-16/h4-12,14H,13,15H2,1-3H3,(H,25,27)(H,24,26,28). The molecule has 0 radical (unpaired) electrons. The summed E-state index contributed by atoms with van der Waals surface area (Å²) in [5.41, 5.74) is 1.10. The number of carbonyl (C=O) groups excluding carboxylic acids is 2. The third kappa shape index (κ3) is 6.70. The van der Waals surface area contributed by atoms with Crippen molar-refractivity contribution in [3.05, 3.63) is 81.7 Å². The molecule has 2 aromatic heterocycles. The summed E-state index contributed by atoms with van der Waals surface area (Å²) in [5, 5.41) is 5.45. The Balaban J connectivity index is 1.50. The second-order valence-corrected chi connectivity index (χ2v) is 9.02. The lowest BCUT2D eigenvalue weighted by Gasteiger charge is -2.19. The SMILES string of the molecule is CC(C)(C)OC(=O)Nc1ccc(C(=O)NCc2ccc(Cc3ccccc3)s2)cn1. The largest absolute Gasteiger partial charge is 0.444 e. The van der Waals surface area contributed by atoms with Crippen molar-refractivity contribution < 1.29 is 14.3 Å². The summed E-state index contributed by atoms with van der Waals surface area (Å²) >= 11 is 1.69. The van der Waals surface area contributed by atoms with Gasteiger partial charge in [0.1, 0.15) is 11.4 Å². The fourth-order valence-electron chi connectivity index (χ4n) is 2.69. The minimum absolute atomic E-state index is 0.218. The molecule has 0 bridgehead atoms. The Kier molecular flexibility index (Phi) is 6.84. The van der Waals surface area contributed by atoms with Crippen molar-refractivity contribution in [2.75, 3.05) is 5.32 Å². The Hall–Kier alpha value is -3.19. The van der Waals surface area contributed by atoms with Gasteiger partial charge in [-0.2, -0.15) is 0 Å². The van der Waals surface area contributed by atoms with Gasteiger partial charge in [-0.05, 0) is 50.6 Å². The van der Waals surface area contributed by atoms with E-state index in [9.17, 15) is 9.59 Å².